The zero-order valence-corrected chi connectivity index (χ0v) is 10.1. The molecule has 0 radical (unpaired) electrons. The number of thiazole rings is 2. The maximum atomic E-state index is 10.7. The van der Waals surface area contributed by atoms with Crippen molar-refractivity contribution < 1.29 is 9.90 Å². The Kier molecular flexibility index (Phi) is 3.16. The number of aromatic nitrogens is 2. The standard InChI is InChI=1S/C9H9N3O2S2/c1-12(2-6-3-15-5-10-6)9-11-7(4-16-9)8(13)14/h3-5H,2H2,1H3,(H,13,14). The molecule has 0 fully saturated rings. The van der Waals surface area contributed by atoms with Gasteiger partial charge in [0.2, 0.25) is 0 Å². The van der Waals surface area contributed by atoms with E-state index in [0.717, 1.165) is 5.69 Å². The van der Waals surface area contributed by atoms with Crippen molar-refractivity contribution in [3.63, 3.8) is 0 Å². The second kappa shape index (κ2) is 4.58. The van der Waals surface area contributed by atoms with Crippen LogP contribution >= 0.6 is 22.7 Å². The maximum absolute atomic E-state index is 10.7. The number of hydrogen-bond donors (Lipinski definition) is 1. The van der Waals surface area contributed by atoms with Gasteiger partial charge in [0.25, 0.3) is 0 Å². The van der Waals surface area contributed by atoms with Crippen molar-refractivity contribution in [3.05, 3.63) is 27.7 Å². The van der Waals surface area contributed by atoms with E-state index >= 15 is 0 Å². The molecule has 1 N–H and O–H groups in total. The third-order valence-electron chi connectivity index (χ3n) is 1.92. The Morgan fingerprint density at radius 2 is 2.38 bits per heavy atom. The zero-order chi connectivity index (χ0) is 11.5. The molecule has 0 saturated heterocycles. The minimum Gasteiger partial charge on any atom is -0.476 e. The second-order valence-electron chi connectivity index (χ2n) is 3.16. The van der Waals surface area contributed by atoms with Crippen LogP contribution in [0.3, 0.4) is 0 Å². The van der Waals surface area contributed by atoms with Gasteiger partial charge >= 0.3 is 5.97 Å². The molecule has 2 aromatic rings. The van der Waals surface area contributed by atoms with Crippen LogP contribution in [0.2, 0.25) is 0 Å². The fourth-order valence-corrected chi connectivity index (χ4v) is 2.48. The van der Waals surface area contributed by atoms with Gasteiger partial charge in [-0.1, -0.05) is 0 Å². The quantitative estimate of drug-likeness (QED) is 0.904. The van der Waals surface area contributed by atoms with Crippen molar-refractivity contribution in [3.8, 4) is 0 Å². The van der Waals surface area contributed by atoms with Gasteiger partial charge in [-0.15, -0.1) is 22.7 Å². The number of anilines is 1. The first-order valence-corrected chi connectivity index (χ1v) is 6.26. The molecule has 16 heavy (non-hydrogen) atoms. The minimum atomic E-state index is -0.996. The molecular weight excluding hydrogens is 246 g/mol. The maximum Gasteiger partial charge on any atom is 0.355 e. The van der Waals surface area contributed by atoms with Gasteiger partial charge in [0.05, 0.1) is 17.7 Å². The first-order chi connectivity index (χ1) is 7.66. The van der Waals surface area contributed by atoms with Gasteiger partial charge < -0.3 is 10.0 Å². The molecule has 7 heteroatoms. The monoisotopic (exact) mass is 255 g/mol. The third-order valence-corrected chi connectivity index (χ3v) is 3.51. The predicted molar refractivity (Wildman–Crippen MR) is 63.3 cm³/mol. The van der Waals surface area contributed by atoms with E-state index < -0.39 is 5.97 Å². The van der Waals surface area contributed by atoms with Crippen molar-refractivity contribution in [1.29, 1.82) is 0 Å². The van der Waals surface area contributed by atoms with Gasteiger partial charge in [-0.3, -0.25) is 0 Å². The summed E-state index contributed by atoms with van der Waals surface area (Å²) in [5.41, 5.74) is 2.82. The summed E-state index contributed by atoms with van der Waals surface area (Å²) in [7, 11) is 1.86. The topological polar surface area (TPSA) is 66.3 Å². The van der Waals surface area contributed by atoms with Gasteiger partial charge in [-0.05, 0) is 0 Å². The number of nitrogens with zero attached hydrogens (tertiary/aromatic N) is 3. The van der Waals surface area contributed by atoms with Gasteiger partial charge in [-0.2, -0.15) is 0 Å². The van der Waals surface area contributed by atoms with Crippen LogP contribution < -0.4 is 4.90 Å². The summed E-state index contributed by atoms with van der Waals surface area (Å²) < 4.78 is 0. The molecule has 0 amide bonds. The van der Waals surface area contributed by atoms with Crippen LogP contribution in [-0.4, -0.2) is 28.1 Å². The summed E-state index contributed by atoms with van der Waals surface area (Å²) in [6, 6.07) is 0. The minimum absolute atomic E-state index is 0.0881. The lowest BCUT2D eigenvalue weighted by Gasteiger charge is -2.13. The Bertz CT molecular complexity index is 481. The number of carbonyl (C=O) groups is 1. The summed E-state index contributed by atoms with van der Waals surface area (Å²) in [4.78, 5) is 20.7. The number of rotatable bonds is 4. The van der Waals surface area contributed by atoms with Crippen LogP contribution in [-0.2, 0) is 6.54 Å². The van der Waals surface area contributed by atoms with Gasteiger partial charge in [0.1, 0.15) is 0 Å². The van der Waals surface area contributed by atoms with E-state index in [2.05, 4.69) is 9.97 Å². The summed E-state index contributed by atoms with van der Waals surface area (Å²) in [5.74, 6) is -0.996. The molecule has 2 heterocycles. The molecule has 0 saturated carbocycles. The van der Waals surface area contributed by atoms with E-state index in [1.54, 1.807) is 5.51 Å². The summed E-state index contributed by atoms with van der Waals surface area (Å²) >= 11 is 2.86. The highest BCUT2D eigenvalue weighted by Crippen LogP contribution is 2.20. The molecule has 0 atom stereocenters. The first-order valence-electron chi connectivity index (χ1n) is 4.44. The molecule has 84 valence electrons. The van der Waals surface area contributed by atoms with Gasteiger partial charge in [0, 0.05) is 17.8 Å². The molecular formula is C9H9N3O2S2. The Hall–Kier alpha value is -1.47. The molecule has 0 aromatic carbocycles. The zero-order valence-electron chi connectivity index (χ0n) is 8.45. The second-order valence-corrected chi connectivity index (χ2v) is 4.71. The Morgan fingerprint density at radius 1 is 1.56 bits per heavy atom. The van der Waals surface area contributed by atoms with E-state index in [-0.39, 0.29) is 5.69 Å². The van der Waals surface area contributed by atoms with Gasteiger partial charge in [0.15, 0.2) is 10.8 Å². The molecule has 2 aromatic heterocycles. The number of aromatic carboxylic acids is 1. The van der Waals surface area contributed by atoms with E-state index in [1.165, 1.54) is 28.1 Å². The smallest absolute Gasteiger partial charge is 0.355 e. The molecule has 0 unspecified atom stereocenters. The van der Waals surface area contributed by atoms with Crippen molar-refractivity contribution in [2.75, 3.05) is 11.9 Å². The molecule has 0 bridgehead atoms. The van der Waals surface area contributed by atoms with Crippen LogP contribution in [0.5, 0.6) is 0 Å². The Balaban J connectivity index is 2.08. The highest BCUT2D eigenvalue weighted by atomic mass is 32.1. The van der Waals surface area contributed by atoms with Crippen molar-refractivity contribution in [2.24, 2.45) is 0 Å². The highest BCUT2D eigenvalue weighted by Gasteiger charge is 2.12. The van der Waals surface area contributed by atoms with E-state index in [4.69, 9.17) is 5.11 Å². The van der Waals surface area contributed by atoms with E-state index in [1.807, 2.05) is 17.3 Å². The molecule has 5 nitrogen and oxygen atoms in total. The fraction of sp³-hybridized carbons (Fsp3) is 0.222. The average Bonchev–Trinajstić information content (AvgIpc) is 2.86. The Labute approximate surface area is 100 Å². The fourth-order valence-electron chi connectivity index (χ4n) is 1.16. The molecule has 0 aliphatic carbocycles. The summed E-state index contributed by atoms with van der Waals surface area (Å²) in [5, 5.41) is 12.9. The van der Waals surface area contributed by atoms with Crippen molar-refractivity contribution in [1.82, 2.24) is 9.97 Å². The molecule has 0 spiro atoms. The highest BCUT2D eigenvalue weighted by molar-refractivity contribution is 7.13. The lowest BCUT2D eigenvalue weighted by molar-refractivity contribution is 0.0691. The lowest BCUT2D eigenvalue weighted by atomic mass is 10.4. The van der Waals surface area contributed by atoms with E-state index in [9.17, 15) is 4.79 Å². The Morgan fingerprint density at radius 3 is 2.94 bits per heavy atom. The normalized spacial score (nSPS) is 10.3. The van der Waals surface area contributed by atoms with Crippen LogP contribution in [0.25, 0.3) is 0 Å². The van der Waals surface area contributed by atoms with E-state index in [0.29, 0.717) is 11.7 Å². The SMILES string of the molecule is CN(Cc1cscn1)c1nc(C(=O)O)cs1. The van der Waals surface area contributed by atoms with Crippen LogP contribution in [0, 0.1) is 0 Å². The van der Waals surface area contributed by atoms with Crippen LogP contribution in [0.15, 0.2) is 16.3 Å². The number of hydrogen-bond acceptors (Lipinski definition) is 6. The lowest BCUT2D eigenvalue weighted by Crippen LogP contribution is -2.16. The third kappa shape index (κ3) is 2.37. The summed E-state index contributed by atoms with van der Waals surface area (Å²) in [6.07, 6.45) is 0. The number of carboxylic acid groups (broad SMARTS) is 1. The van der Waals surface area contributed by atoms with Crippen LogP contribution in [0.4, 0.5) is 5.13 Å². The average molecular weight is 255 g/mol. The van der Waals surface area contributed by atoms with Crippen molar-refractivity contribution >= 4 is 33.8 Å². The molecule has 0 aliphatic heterocycles. The first kappa shape index (κ1) is 11.0. The van der Waals surface area contributed by atoms with Crippen LogP contribution in [0.1, 0.15) is 16.2 Å². The number of carboxylic acids is 1. The predicted octanol–water partition coefficient (Wildman–Crippen LogP) is 1.93. The molecule has 0 aliphatic rings. The van der Waals surface area contributed by atoms with Crippen molar-refractivity contribution in [2.45, 2.75) is 6.54 Å². The van der Waals surface area contributed by atoms with Gasteiger partial charge in [-0.25, -0.2) is 14.8 Å². The molecule has 2 rings (SSSR count). The largest absolute Gasteiger partial charge is 0.476 e. The summed E-state index contributed by atoms with van der Waals surface area (Å²) in [6.45, 7) is 0.635.